The molecule has 0 spiro atoms. The Morgan fingerprint density at radius 1 is 0.968 bits per heavy atom. The van der Waals surface area contributed by atoms with Crippen molar-refractivity contribution < 1.29 is 9.18 Å². The molecule has 0 unspecified atom stereocenters. The summed E-state index contributed by atoms with van der Waals surface area (Å²) in [6.07, 6.45) is 0. The fraction of sp³-hybridized carbons (Fsp3) is 0.0400. The molecule has 152 valence electrons. The Hall–Kier alpha value is -3.70. The first-order valence-corrected chi connectivity index (χ1v) is 10.2. The van der Waals surface area contributed by atoms with E-state index in [0.717, 1.165) is 32.9 Å². The van der Waals surface area contributed by atoms with Crippen molar-refractivity contribution >= 4 is 39.3 Å². The van der Waals surface area contributed by atoms with Crippen LogP contribution >= 0.6 is 11.6 Å². The van der Waals surface area contributed by atoms with Crippen LogP contribution in [0, 0.1) is 5.82 Å². The molecule has 0 saturated heterocycles. The van der Waals surface area contributed by atoms with Crippen molar-refractivity contribution in [2.24, 2.45) is 0 Å². The van der Waals surface area contributed by atoms with E-state index in [1.54, 1.807) is 24.3 Å². The Labute approximate surface area is 182 Å². The van der Waals surface area contributed by atoms with Crippen molar-refractivity contribution in [2.75, 3.05) is 0 Å². The number of rotatable bonds is 4. The van der Waals surface area contributed by atoms with Crippen LogP contribution in [-0.4, -0.2) is 15.9 Å². The van der Waals surface area contributed by atoms with E-state index in [0.29, 0.717) is 16.4 Å². The number of nitrogens with zero attached hydrogens (tertiary/aromatic N) is 1. The number of nitrogens with one attached hydrogen (secondary N) is 2. The largest absolute Gasteiger partial charge is 0.353 e. The molecule has 6 heteroatoms. The van der Waals surface area contributed by atoms with E-state index in [-0.39, 0.29) is 18.3 Å². The zero-order chi connectivity index (χ0) is 21.4. The zero-order valence-electron chi connectivity index (χ0n) is 16.3. The van der Waals surface area contributed by atoms with Gasteiger partial charge in [0, 0.05) is 33.4 Å². The van der Waals surface area contributed by atoms with Crippen LogP contribution in [0.2, 0.25) is 5.02 Å². The summed E-state index contributed by atoms with van der Waals surface area (Å²) in [7, 11) is 0. The number of carbonyl (C=O) groups is 1. The number of carbonyl (C=O) groups excluding carboxylic acids is 1. The Bertz CT molecular complexity index is 1430. The summed E-state index contributed by atoms with van der Waals surface area (Å²) < 4.78 is 13.1. The van der Waals surface area contributed by atoms with E-state index in [1.165, 1.54) is 12.1 Å². The van der Waals surface area contributed by atoms with Gasteiger partial charge < -0.3 is 10.3 Å². The summed E-state index contributed by atoms with van der Waals surface area (Å²) in [6.45, 7) is 0.277. The van der Waals surface area contributed by atoms with Gasteiger partial charge in [-0.1, -0.05) is 54.1 Å². The van der Waals surface area contributed by atoms with Gasteiger partial charge in [0.25, 0.3) is 5.91 Å². The second kappa shape index (κ2) is 7.85. The molecule has 31 heavy (non-hydrogen) atoms. The summed E-state index contributed by atoms with van der Waals surface area (Å²) in [5.74, 6) is -0.618. The highest BCUT2D eigenvalue weighted by Crippen LogP contribution is 2.33. The van der Waals surface area contributed by atoms with Gasteiger partial charge in [-0.3, -0.25) is 4.79 Å². The average molecular weight is 430 g/mol. The normalized spacial score (nSPS) is 11.2. The molecule has 3 aromatic carbocycles. The van der Waals surface area contributed by atoms with Gasteiger partial charge in [-0.05, 0) is 42.0 Å². The lowest BCUT2D eigenvalue weighted by Gasteiger charge is -2.09. The fourth-order valence-electron chi connectivity index (χ4n) is 3.68. The van der Waals surface area contributed by atoms with Crippen molar-refractivity contribution in [3.05, 3.63) is 101 Å². The zero-order valence-corrected chi connectivity index (χ0v) is 17.1. The number of para-hydroxylation sites is 1. The predicted octanol–water partition coefficient (Wildman–Crippen LogP) is 6.11. The number of amides is 1. The fourth-order valence-corrected chi connectivity index (χ4v) is 3.87. The smallest absolute Gasteiger partial charge is 0.270 e. The molecule has 0 aliphatic carbocycles. The van der Waals surface area contributed by atoms with Crippen molar-refractivity contribution in [3.63, 3.8) is 0 Å². The average Bonchev–Trinajstić information content (AvgIpc) is 3.16. The Balaban J connectivity index is 1.60. The third-order valence-corrected chi connectivity index (χ3v) is 5.43. The summed E-state index contributed by atoms with van der Waals surface area (Å²) in [4.78, 5) is 21.0. The summed E-state index contributed by atoms with van der Waals surface area (Å²) >= 11 is 6.21. The van der Waals surface area contributed by atoms with Crippen LogP contribution in [0.15, 0.2) is 78.9 Å². The molecule has 5 aromatic rings. The van der Waals surface area contributed by atoms with Gasteiger partial charge in [0.2, 0.25) is 0 Å². The molecular weight excluding hydrogens is 413 g/mol. The molecule has 4 nitrogen and oxygen atoms in total. The van der Waals surface area contributed by atoms with Crippen LogP contribution in [0.5, 0.6) is 0 Å². The van der Waals surface area contributed by atoms with Crippen LogP contribution in [0.3, 0.4) is 0 Å². The summed E-state index contributed by atoms with van der Waals surface area (Å²) in [6, 6.07) is 23.1. The molecule has 2 aromatic heterocycles. The topological polar surface area (TPSA) is 57.8 Å². The highest BCUT2D eigenvalue weighted by molar-refractivity contribution is 6.31. The van der Waals surface area contributed by atoms with Crippen LogP contribution in [0.1, 0.15) is 16.1 Å². The lowest BCUT2D eigenvalue weighted by molar-refractivity contribution is 0.0946. The van der Waals surface area contributed by atoms with E-state index in [9.17, 15) is 9.18 Å². The molecule has 5 rings (SSSR count). The van der Waals surface area contributed by atoms with Crippen molar-refractivity contribution in [1.82, 2.24) is 15.3 Å². The van der Waals surface area contributed by atoms with E-state index < -0.39 is 0 Å². The van der Waals surface area contributed by atoms with Crippen molar-refractivity contribution in [1.29, 1.82) is 0 Å². The maximum Gasteiger partial charge on any atom is 0.270 e. The monoisotopic (exact) mass is 429 g/mol. The van der Waals surface area contributed by atoms with Gasteiger partial charge in [-0.25, -0.2) is 9.37 Å². The molecule has 1 amide bonds. The van der Waals surface area contributed by atoms with Gasteiger partial charge in [0.1, 0.15) is 11.5 Å². The van der Waals surface area contributed by atoms with E-state index in [1.807, 2.05) is 42.5 Å². The lowest BCUT2D eigenvalue weighted by Crippen LogP contribution is -2.24. The number of hydrogen-bond acceptors (Lipinski definition) is 2. The Morgan fingerprint density at radius 2 is 1.77 bits per heavy atom. The molecule has 0 radical (unpaired) electrons. The SMILES string of the molecule is O=C(NCc1ccc(F)cc1)c1cc2c([nH]c3ccccc32)c(-c2cccc(Cl)c2)n1. The number of hydrogen-bond donors (Lipinski definition) is 2. The molecule has 0 aliphatic rings. The molecule has 0 saturated carbocycles. The second-order valence-electron chi connectivity index (χ2n) is 7.27. The van der Waals surface area contributed by atoms with Gasteiger partial charge in [0.05, 0.1) is 11.2 Å². The lowest BCUT2D eigenvalue weighted by atomic mass is 10.1. The molecule has 2 N–H and O–H groups in total. The van der Waals surface area contributed by atoms with Gasteiger partial charge in [-0.15, -0.1) is 0 Å². The second-order valence-corrected chi connectivity index (χ2v) is 7.71. The van der Waals surface area contributed by atoms with Crippen LogP contribution in [0.25, 0.3) is 33.1 Å². The summed E-state index contributed by atoms with van der Waals surface area (Å²) in [5, 5.41) is 5.38. The number of benzene rings is 3. The summed E-state index contributed by atoms with van der Waals surface area (Å²) in [5.41, 5.74) is 4.39. The van der Waals surface area contributed by atoms with Gasteiger partial charge in [-0.2, -0.15) is 0 Å². The number of pyridine rings is 1. The molecule has 0 bridgehead atoms. The molecule has 0 atom stereocenters. The van der Waals surface area contributed by atoms with Crippen molar-refractivity contribution in [3.8, 4) is 11.3 Å². The van der Waals surface area contributed by atoms with Gasteiger partial charge in [0.15, 0.2) is 0 Å². The molecule has 2 heterocycles. The van der Waals surface area contributed by atoms with Crippen molar-refractivity contribution in [2.45, 2.75) is 6.54 Å². The number of fused-ring (bicyclic) bond motifs is 3. The maximum atomic E-state index is 13.1. The highest BCUT2D eigenvalue weighted by Gasteiger charge is 2.17. The minimum Gasteiger partial charge on any atom is -0.353 e. The number of aromatic amines is 1. The number of H-pyrrole nitrogens is 1. The Kier molecular flexibility index (Phi) is 4.88. The standard InChI is InChI=1S/C25H17ClFN3O/c26-17-5-3-4-16(12-17)23-24-20(19-6-1-2-7-21(19)29-24)13-22(30-23)25(31)28-14-15-8-10-18(27)11-9-15/h1-13,29H,14H2,(H,28,31). The van der Waals surface area contributed by atoms with Crippen LogP contribution < -0.4 is 5.32 Å². The van der Waals surface area contributed by atoms with E-state index in [2.05, 4.69) is 15.3 Å². The molecule has 0 aliphatic heterocycles. The number of aromatic nitrogens is 2. The third-order valence-electron chi connectivity index (χ3n) is 5.19. The van der Waals surface area contributed by atoms with Crippen LogP contribution in [0.4, 0.5) is 4.39 Å². The molecule has 0 fully saturated rings. The first-order chi connectivity index (χ1) is 15.1. The number of halogens is 2. The minimum atomic E-state index is -0.312. The minimum absolute atomic E-state index is 0.277. The van der Waals surface area contributed by atoms with Gasteiger partial charge >= 0.3 is 0 Å². The van der Waals surface area contributed by atoms with E-state index in [4.69, 9.17) is 11.6 Å². The predicted molar refractivity (Wildman–Crippen MR) is 122 cm³/mol. The highest BCUT2D eigenvalue weighted by atomic mass is 35.5. The van der Waals surface area contributed by atoms with Crippen LogP contribution in [-0.2, 0) is 6.54 Å². The Morgan fingerprint density at radius 3 is 2.58 bits per heavy atom. The first kappa shape index (κ1) is 19.3. The van der Waals surface area contributed by atoms with E-state index >= 15 is 0 Å². The third kappa shape index (κ3) is 3.76. The maximum absolute atomic E-state index is 13.1. The molecular formula is C25H17ClFN3O. The quantitative estimate of drug-likeness (QED) is 0.362. The first-order valence-electron chi connectivity index (χ1n) is 9.78.